The predicted molar refractivity (Wildman–Crippen MR) is 65.7 cm³/mol. The molecule has 2 aromatic rings. The Labute approximate surface area is 103 Å². The second kappa shape index (κ2) is 5.30. The van der Waals surface area contributed by atoms with Crippen molar-refractivity contribution in [2.24, 2.45) is 5.73 Å². The molecule has 0 amide bonds. The van der Waals surface area contributed by atoms with Gasteiger partial charge in [0, 0.05) is 0 Å². The van der Waals surface area contributed by atoms with Crippen molar-refractivity contribution in [3.8, 4) is 5.75 Å². The van der Waals surface area contributed by atoms with Gasteiger partial charge in [-0.2, -0.15) is 11.3 Å². The van der Waals surface area contributed by atoms with Crippen LogP contribution < -0.4 is 5.73 Å². The van der Waals surface area contributed by atoms with Crippen LogP contribution in [0.4, 0.5) is 4.39 Å². The zero-order valence-corrected chi connectivity index (χ0v) is 9.89. The van der Waals surface area contributed by atoms with Crippen molar-refractivity contribution in [1.82, 2.24) is 0 Å². The van der Waals surface area contributed by atoms with Crippen LogP contribution in [0.1, 0.15) is 17.2 Å². The van der Waals surface area contributed by atoms with Gasteiger partial charge in [0.05, 0.1) is 6.04 Å². The van der Waals surface area contributed by atoms with Crippen LogP contribution >= 0.6 is 23.7 Å². The van der Waals surface area contributed by atoms with Gasteiger partial charge in [-0.3, -0.25) is 0 Å². The molecule has 1 aromatic heterocycles. The number of hydrogen-bond donors (Lipinski definition) is 2. The maximum Gasteiger partial charge on any atom is 0.165 e. The molecule has 0 radical (unpaired) electrons. The molecule has 0 saturated carbocycles. The van der Waals surface area contributed by atoms with E-state index in [1.54, 1.807) is 17.4 Å². The third kappa shape index (κ3) is 2.52. The van der Waals surface area contributed by atoms with Gasteiger partial charge in [0.2, 0.25) is 0 Å². The Kier molecular flexibility index (Phi) is 4.29. The molecule has 1 atom stereocenters. The van der Waals surface area contributed by atoms with E-state index in [-0.39, 0.29) is 24.2 Å². The first kappa shape index (κ1) is 13.0. The summed E-state index contributed by atoms with van der Waals surface area (Å²) in [6, 6.07) is 5.77. The van der Waals surface area contributed by atoms with Crippen LogP contribution in [0.25, 0.3) is 0 Å². The fraction of sp³-hybridized carbons (Fsp3) is 0.0909. The van der Waals surface area contributed by atoms with Crippen molar-refractivity contribution in [2.75, 3.05) is 0 Å². The Hall–Kier alpha value is -1.10. The lowest BCUT2D eigenvalue weighted by Crippen LogP contribution is -2.10. The van der Waals surface area contributed by atoms with Crippen molar-refractivity contribution >= 4 is 23.7 Å². The van der Waals surface area contributed by atoms with E-state index in [9.17, 15) is 4.39 Å². The van der Waals surface area contributed by atoms with Crippen LogP contribution in [0.5, 0.6) is 5.75 Å². The molecule has 0 spiro atoms. The molecule has 0 aliphatic heterocycles. The molecule has 2 nitrogen and oxygen atoms in total. The number of phenolic OH excluding ortho intramolecular Hbond substituents is 1. The summed E-state index contributed by atoms with van der Waals surface area (Å²) in [6.45, 7) is 0. The van der Waals surface area contributed by atoms with E-state index in [1.165, 1.54) is 12.1 Å². The Bertz CT molecular complexity index is 461. The first-order chi connectivity index (χ1) is 7.18. The van der Waals surface area contributed by atoms with Gasteiger partial charge >= 0.3 is 0 Å². The molecule has 0 aliphatic rings. The fourth-order valence-electron chi connectivity index (χ4n) is 1.36. The van der Waals surface area contributed by atoms with Gasteiger partial charge in [-0.15, -0.1) is 12.4 Å². The normalized spacial score (nSPS) is 11.9. The standard InChI is InChI=1S/C11H10FNOS.ClH/c12-9-5-7(1-2-10(9)14)11(13)8-3-4-15-6-8;/h1-6,11,14H,13H2;1H/t11-;/m0./s1. The van der Waals surface area contributed by atoms with E-state index in [0.29, 0.717) is 5.56 Å². The van der Waals surface area contributed by atoms with Crippen molar-refractivity contribution in [2.45, 2.75) is 6.04 Å². The number of thiophene rings is 1. The molecule has 0 fully saturated rings. The van der Waals surface area contributed by atoms with E-state index < -0.39 is 5.82 Å². The lowest BCUT2D eigenvalue weighted by Gasteiger charge is -2.10. The Morgan fingerprint density at radius 2 is 2.00 bits per heavy atom. The average Bonchev–Trinajstić information content (AvgIpc) is 2.74. The lowest BCUT2D eigenvalue weighted by atomic mass is 10.0. The SMILES string of the molecule is Cl.N[C@H](c1ccsc1)c1ccc(O)c(F)c1. The van der Waals surface area contributed by atoms with E-state index in [4.69, 9.17) is 10.8 Å². The molecule has 16 heavy (non-hydrogen) atoms. The highest BCUT2D eigenvalue weighted by Crippen LogP contribution is 2.25. The second-order valence-electron chi connectivity index (χ2n) is 3.25. The van der Waals surface area contributed by atoms with Crippen LogP contribution in [0.15, 0.2) is 35.0 Å². The summed E-state index contributed by atoms with van der Waals surface area (Å²) in [5.74, 6) is -0.991. The summed E-state index contributed by atoms with van der Waals surface area (Å²) >= 11 is 1.55. The summed E-state index contributed by atoms with van der Waals surface area (Å²) in [5.41, 5.74) is 7.54. The van der Waals surface area contributed by atoms with Gasteiger partial charge in [0.1, 0.15) is 0 Å². The average molecular weight is 260 g/mol. The van der Waals surface area contributed by atoms with Gasteiger partial charge < -0.3 is 10.8 Å². The third-order valence-corrected chi connectivity index (χ3v) is 2.93. The van der Waals surface area contributed by atoms with Crippen LogP contribution in [-0.4, -0.2) is 5.11 Å². The van der Waals surface area contributed by atoms with E-state index in [2.05, 4.69) is 0 Å². The summed E-state index contributed by atoms with van der Waals surface area (Å²) in [7, 11) is 0. The van der Waals surface area contributed by atoms with Crippen LogP contribution in [0, 0.1) is 5.82 Å². The highest BCUT2D eigenvalue weighted by Gasteiger charge is 2.11. The number of phenols is 1. The molecule has 86 valence electrons. The molecule has 0 saturated heterocycles. The van der Waals surface area contributed by atoms with Gasteiger partial charge in [-0.05, 0) is 40.1 Å². The topological polar surface area (TPSA) is 46.2 Å². The number of nitrogens with two attached hydrogens (primary N) is 1. The number of rotatable bonds is 2. The summed E-state index contributed by atoms with van der Waals surface area (Å²) in [6.07, 6.45) is 0. The molecule has 0 bridgehead atoms. The minimum Gasteiger partial charge on any atom is -0.505 e. The number of halogens is 2. The van der Waals surface area contributed by atoms with Crippen molar-refractivity contribution in [3.05, 3.63) is 52.0 Å². The second-order valence-corrected chi connectivity index (χ2v) is 4.03. The smallest absolute Gasteiger partial charge is 0.165 e. The van der Waals surface area contributed by atoms with Crippen LogP contribution in [0.2, 0.25) is 0 Å². The zero-order chi connectivity index (χ0) is 10.8. The first-order valence-electron chi connectivity index (χ1n) is 4.44. The van der Waals surface area contributed by atoms with E-state index in [1.807, 2.05) is 16.8 Å². The van der Waals surface area contributed by atoms with E-state index >= 15 is 0 Å². The predicted octanol–water partition coefficient (Wildman–Crippen LogP) is 3.06. The molecule has 0 aliphatic carbocycles. The number of aromatic hydroxyl groups is 1. The quantitative estimate of drug-likeness (QED) is 0.871. The molecule has 1 aromatic carbocycles. The molecule has 3 N–H and O–H groups in total. The first-order valence-corrected chi connectivity index (χ1v) is 5.39. The zero-order valence-electron chi connectivity index (χ0n) is 8.26. The molecule has 5 heteroatoms. The highest BCUT2D eigenvalue weighted by molar-refractivity contribution is 7.08. The summed E-state index contributed by atoms with van der Waals surface area (Å²) < 4.78 is 13.1. The Morgan fingerprint density at radius 3 is 2.56 bits per heavy atom. The maximum atomic E-state index is 13.1. The van der Waals surface area contributed by atoms with Gasteiger partial charge in [0.15, 0.2) is 11.6 Å². The third-order valence-electron chi connectivity index (χ3n) is 2.23. The Morgan fingerprint density at radius 1 is 1.25 bits per heavy atom. The highest BCUT2D eigenvalue weighted by atomic mass is 35.5. The molecular weight excluding hydrogens is 249 g/mol. The molecule has 0 unspecified atom stereocenters. The lowest BCUT2D eigenvalue weighted by molar-refractivity contribution is 0.431. The maximum absolute atomic E-state index is 13.1. The van der Waals surface area contributed by atoms with Gasteiger partial charge in [0.25, 0.3) is 0 Å². The molecular formula is C11H11ClFNOS. The number of benzene rings is 1. The van der Waals surface area contributed by atoms with E-state index in [0.717, 1.165) is 5.56 Å². The minimum absolute atomic E-state index is 0. The van der Waals surface area contributed by atoms with Crippen LogP contribution in [-0.2, 0) is 0 Å². The summed E-state index contributed by atoms with van der Waals surface area (Å²) in [4.78, 5) is 0. The van der Waals surface area contributed by atoms with Crippen LogP contribution in [0.3, 0.4) is 0 Å². The largest absolute Gasteiger partial charge is 0.505 e. The van der Waals surface area contributed by atoms with Gasteiger partial charge in [-0.1, -0.05) is 6.07 Å². The minimum atomic E-state index is -0.641. The Balaban J connectivity index is 0.00000128. The van der Waals surface area contributed by atoms with Crippen molar-refractivity contribution < 1.29 is 9.50 Å². The van der Waals surface area contributed by atoms with Crippen molar-refractivity contribution in [3.63, 3.8) is 0 Å². The number of hydrogen-bond acceptors (Lipinski definition) is 3. The van der Waals surface area contributed by atoms with Crippen molar-refractivity contribution in [1.29, 1.82) is 0 Å². The molecule has 1 heterocycles. The monoisotopic (exact) mass is 259 g/mol. The summed E-state index contributed by atoms with van der Waals surface area (Å²) in [5, 5.41) is 12.9. The molecule has 2 rings (SSSR count). The fourth-order valence-corrected chi connectivity index (χ4v) is 2.06. The van der Waals surface area contributed by atoms with Gasteiger partial charge in [-0.25, -0.2) is 4.39 Å².